The zero-order valence-electron chi connectivity index (χ0n) is 10.1. The van der Waals surface area contributed by atoms with Crippen LogP contribution in [0.25, 0.3) is 0 Å². The van der Waals surface area contributed by atoms with Gasteiger partial charge in [-0.2, -0.15) is 0 Å². The normalized spacial score (nSPS) is 28.8. The molecule has 2 aliphatic heterocycles. The Bertz CT molecular complexity index is 371. The molecule has 1 aromatic rings. The predicted molar refractivity (Wildman–Crippen MR) is 64.6 cm³/mol. The molecular weight excluding hydrogens is 214 g/mol. The summed E-state index contributed by atoms with van der Waals surface area (Å²) >= 11 is 0. The fraction of sp³-hybridized carbons (Fsp3) is 0.692. The van der Waals surface area contributed by atoms with Crippen molar-refractivity contribution in [2.75, 3.05) is 6.54 Å². The van der Waals surface area contributed by atoms with E-state index in [0.29, 0.717) is 17.9 Å². The van der Waals surface area contributed by atoms with Crippen LogP contribution in [0.4, 0.5) is 0 Å². The SMILES string of the molecule is O=C1CC2CCC(C1)N2CCCn1ccnc1. The van der Waals surface area contributed by atoms with Crippen molar-refractivity contribution in [3.63, 3.8) is 0 Å². The summed E-state index contributed by atoms with van der Waals surface area (Å²) < 4.78 is 2.12. The molecule has 2 unspecified atom stereocenters. The van der Waals surface area contributed by atoms with E-state index < -0.39 is 0 Å². The highest BCUT2D eigenvalue weighted by Crippen LogP contribution is 2.33. The maximum absolute atomic E-state index is 11.5. The fourth-order valence-corrected chi connectivity index (χ4v) is 3.28. The van der Waals surface area contributed by atoms with Gasteiger partial charge in [0.2, 0.25) is 0 Å². The molecule has 2 aliphatic rings. The van der Waals surface area contributed by atoms with Crippen molar-refractivity contribution in [2.24, 2.45) is 0 Å². The third-order valence-electron chi connectivity index (χ3n) is 4.09. The number of carbonyl (C=O) groups excluding carboxylic acids is 1. The molecule has 0 amide bonds. The number of Topliss-reactive ketones (excluding diaryl/α,β-unsaturated/α-hetero) is 1. The Morgan fingerprint density at radius 2 is 2.00 bits per heavy atom. The van der Waals surface area contributed by atoms with Crippen LogP contribution in [0.3, 0.4) is 0 Å². The minimum absolute atomic E-state index is 0.475. The number of aryl methyl sites for hydroxylation is 1. The van der Waals surface area contributed by atoms with Gasteiger partial charge in [0.25, 0.3) is 0 Å². The first-order chi connectivity index (χ1) is 8.33. The van der Waals surface area contributed by atoms with Crippen LogP contribution in [-0.2, 0) is 11.3 Å². The van der Waals surface area contributed by atoms with Crippen LogP contribution in [0.2, 0.25) is 0 Å². The van der Waals surface area contributed by atoms with Crippen LogP contribution < -0.4 is 0 Å². The third kappa shape index (κ3) is 2.27. The molecule has 92 valence electrons. The Balaban J connectivity index is 1.51. The van der Waals surface area contributed by atoms with Gasteiger partial charge < -0.3 is 4.57 Å². The van der Waals surface area contributed by atoms with E-state index in [9.17, 15) is 4.79 Å². The van der Waals surface area contributed by atoms with Crippen LogP contribution in [-0.4, -0.2) is 38.9 Å². The quantitative estimate of drug-likeness (QED) is 0.790. The molecule has 2 atom stereocenters. The summed E-state index contributed by atoms with van der Waals surface area (Å²) in [5.41, 5.74) is 0. The van der Waals surface area contributed by atoms with Crippen LogP contribution in [0.1, 0.15) is 32.1 Å². The summed E-state index contributed by atoms with van der Waals surface area (Å²) in [6.45, 7) is 2.16. The van der Waals surface area contributed by atoms with Gasteiger partial charge >= 0.3 is 0 Å². The van der Waals surface area contributed by atoms with Crippen molar-refractivity contribution in [3.05, 3.63) is 18.7 Å². The van der Waals surface area contributed by atoms with Crippen molar-refractivity contribution in [3.8, 4) is 0 Å². The van der Waals surface area contributed by atoms with E-state index in [1.807, 2.05) is 18.7 Å². The van der Waals surface area contributed by atoms with E-state index >= 15 is 0 Å². The Morgan fingerprint density at radius 3 is 2.65 bits per heavy atom. The Hall–Kier alpha value is -1.16. The molecule has 0 saturated carbocycles. The topological polar surface area (TPSA) is 38.1 Å². The molecule has 4 nitrogen and oxygen atoms in total. The van der Waals surface area contributed by atoms with Crippen LogP contribution in [0, 0.1) is 0 Å². The average Bonchev–Trinajstić information content (AvgIpc) is 2.88. The summed E-state index contributed by atoms with van der Waals surface area (Å²) in [6.07, 6.45) is 10.9. The van der Waals surface area contributed by atoms with Crippen molar-refractivity contribution >= 4 is 5.78 Å². The first-order valence-corrected chi connectivity index (χ1v) is 6.56. The number of hydrogen-bond donors (Lipinski definition) is 0. The Labute approximate surface area is 102 Å². The van der Waals surface area contributed by atoms with Gasteiger partial charge in [-0.05, 0) is 19.3 Å². The smallest absolute Gasteiger partial charge is 0.136 e. The molecule has 0 N–H and O–H groups in total. The van der Waals surface area contributed by atoms with Gasteiger partial charge in [-0.1, -0.05) is 0 Å². The van der Waals surface area contributed by atoms with Gasteiger partial charge in [-0.3, -0.25) is 9.69 Å². The number of piperidine rings is 1. The van der Waals surface area contributed by atoms with Gasteiger partial charge in [-0.25, -0.2) is 4.98 Å². The van der Waals surface area contributed by atoms with Gasteiger partial charge in [0.15, 0.2) is 0 Å². The molecular formula is C13H19N3O. The first-order valence-electron chi connectivity index (χ1n) is 6.56. The van der Waals surface area contributed by atoms with Crippen molar-refractivity contribution in [1.82, 2.24) is 14.5 Å². The number of aromatic nitrogens is 2. The van der Waals surface area contributed by atoms with Crippen molar-refractivity contribution < 1.29 is 4.79 Å². The highest BCUT2D eigenvalue weighted by Gasteiger charge is 2.39. The summed E-state index contributed by atoms with van der Waals surface area (Å²) in [7, 11) is 0. The van der Waals surface area contributed by atoms with Crippen LogP contribution >= 0.6 is 0 Å². The Kier molecular flexibility index (Phi) is 2.97. The molecule has 1 aromatic heterocycles. The zero-order valence-corrected chi connectivity index (χ0v) is 10.1. The molecule has 0 aromatic carbocycles. The van der Waals surface area contributed by atoms with E-state index in [1.54, 1.807) is 0 Å². The van der Waals surface area contributed by atoms with Crippen LogP contribution in [0.15, 0.2) is 18.7 Å². The van der Waals surface area contributed by atoms with Gasteiger partial charge in [-0.15, -0.1) is 0 Å². The van der Waals surface area contributed by atoms with Crippen molar-refractivity contribution in [1.29, 1.82) is 0 Å². The van der Waals surface area contributed by atoms with E-state index in [0.717, 1.165) is 32.4 Å². The standard InChI is InChI=1S/C13H19N3O/c17-13-8-11-2-3-12(9-13)16(11)6-1-5-15-7-4-14-10-15/h4,7,10-12H,1-3,5-6,8-9H2. The van der Waals surface area contributed by atoms with E-state index in [1.165, 1.54) is 12.8 Å². The summed E-state index contributed by atoms with van der Waals surface area (Å²) in [4.78, 5) is 18.1. The number of hydrogen-bond acceptors (Lipinski definition) is 3. The summed E-state index contributed by atoms with van der Waals surface area (Å²) in [6, 6.07) is 1.09. The van der Waals surface area contributed by atoms with E-state index in [2.05, 4.69) is 14.5 Å². The first kappa shape index (κ1) is 11.0. The lowest BCUT2D eigenvalue weighted by Crippen LogP contribution is -2.43. The number of carbonyl (C=O) groups is 1. The third-order valence-corrected chi connectivity index (χ3v) is 4.09. The maximum atomic E-state index is 11.5. The van der Waals surface area contributed by atoms with Crippen LogP contribution in [0.5, 0.6) is 0 Å². The summed E-state index contributed by atoms with van der Waals surface area (Å²) in [5, 5.41) is 0. The number of ketones is 1. The largest absolute Gasteiger partial charge is 0.337 e. The molecule has 4 heteroatoms. The van der Waals surface area contributed by atoms with Crippen molar-refractivity contribution in [2.45, 2.75) is 50.7 Å². The van der Waals surface area contributed by atoms with Gasteiger partial charge in [0.05, 0.1) is 6.33 Å². The highest BCUT2D eigenvalue weighted by atomic mass is 16.1. The molecule has 3 heterocycles. The average molecular weight is 233 g/mol. The van der Waals surface area contributed by atoms with E-state index in [-0.39, 0.29) is 0 Å². The fourth-order valence-electron chi connectivity index (χ4n) is 3.28. The van der Waals surface area contributed by atoms with Gasteiger partial charge in [0.1, 0.15) is 5.78 Å². The minimum atomic E-state index is 0.475. The Morgan fingerprint density at radius 1 is 1.24 bits per heavy atom. The number of rotatable bonds is 4. The lowest BCUT2D eigenvalue weighted by atomic mass is 10.0. The lowest BCUT2D eigenvalue weighted by molar-refractivity contribution is -0.123. The molecule has 17 heavy (non-hydrogen) atoms. The number of fused-ring (bicyclic) bond motifs is 2. The molecule has 3 rings (SSSR count). The predicted octanol–water partition coefficient (Wildman–Crippen LogP) is 1.47. The molecule has 2 bridgehead atoms. The molecule has 0 aliphatic carbocycles. The monoisotopic (exact) mass is 233 g/mol. The minimum Gasteiger partial charge on any atom is -0.337 e. The molecule has 0 radical (unpaired) electrons. The second-order valence-corrected chi connectivity index (χ2v) is 5.22. The molecule has 2 fully saturated rings. The zero-order chi connectivity index (χ0) is 11.7. The second-order valence-electron chi connectivity index (χ2n) is 5.22. The second kappa shape index (κ2) is 4.61. The molecule has 0 spiro atoms. The lowest BCUT2D eigenvalue weighted by Gasteiger charge is -2.33. The number of nitrogens with zero attached hydrogens (tertiary/aromatic N) is 3. The van der Waals surface area contributed by atoms with Gasteiger partial charge in [0, 0.05) is 50.4 Å². The highest BCUT2D eigenvalue weighted by molar-refractivity contribution is 5.80. The van der Waals surface area contributed by atoms with E-state index in [4.69, 9.17) is 0 Å². The maximum Gasteiger partial charge on any atom is 0.136 e. The molecule has 2 saturated heterocycles. The number of imidazole rings is 1. The summed E-state index contributed by atoms with van der Waals surface area (Å²) in [5.74, 6) is 0.475.